The van der Waals surface area contributed by atoms with Crippen molar-refractivity contribution in [3.63, 3.8) is 0 Å². The molecule has 0 saturated heterocycles. The molecule has 2 rings (SSSR count). The van der Waals surface area contributed by atoms with Gasteiger partial charge in [0.05, 0.1) is 16.3 Å². The highest BCUT2D eigenvalue weighted by atomic mass is 32.2. The van der Waals surface area contributed by atoms with Gasteiger partial charge in [0, 0.05) is 16.8 Å². The molecule has 0 atom stereocenters. The maximum Gasteiger partial charge on any atom is 0.175 e. The highest BCUT2D eigenvalue weighted by Gasteiger charge is 2.09. The average Bonchev–Trinajstić information content (AvgIpc) is 2.41. The third-order valence-electron chi connectivity index (χ3n) is 2.82. The normalized spacial score (nSPS) is 11.3. The number of thioether (sulfide) groups is 1. The Hall–Kier alpha value is -1.66. The Morgan fingerprint density at radius 1 is 1.10 bits per heavy atom. The van der Waals surface area contributed by atoms with E-state index in [-0.39, 0.29) is 4.90 Å². The number of nitrogens with one attached hydrogen (secondary N) is 1. The van der Waals surface area contributed by atoms with Gasteiger partial charge >= 0.3 is 0 Å². The van der Waals surface area contributed by atoms with E-state index in [0.717, 1.165) is 11.9 Å². The molecule has 0 spiro atoms. The highest BCUT2D eigenvalue weighted by Crippen LogP contribution is 2.27. The molecule has 0 fully saturated rings. The van der Waals surface area contributed by atoms with Crippen LogP contribution in [0, 0.1) is 0 Å². The topological polar surface area (TPSA) is 72.2 Å². The summed E-state index contributed by atoms with van der Waals surface area (Å²) in [6.45, 7) is 0. The zero-order valence-corrected chi connectivity index (χ0v) is 12.9. The summed E-state index contributed by atoms with van der Waals surface area (Å²) in [4.78, 5) is 1.40. The number of rotatable bonds is 4. The van der Waals surface area contributed by atoms with Gasteiger partial charge in [-0.25, -0.2) is 8.42 Å². The van der Waals surface area contributed by atoms with Gasteiger partial charge in [-0.1, -0.05) is 0 Å². The molecule has 0 amide bonds. The molecule has 4 nitrogen and oxygen atoms in total. The number of hydrogen-bond donors (Lipinski definition) is 2. The van der Waals surface area contributed by atoms with Crippen molar-refractivity contribution in [1.29, 1.82) is 0 Å². The summed E-state index contributed by atoms with van der Waals surface area (Å²) in [5, 5.41) is 3.17. The van der Waals surface area contributed by atoms with Crippen LogP contribution in [0.4, 0.5) is 17.1 Å². The van der Waals surface area contributed by atoms with E-state index in [1.807, 2.05) is 30.5 Å². The lowest BCUT2D eigenvalue weighted by Crippen LogP contribution is -2.01. The van der Waals surface area contributed by atoms with E-state index in [1.165, 1.54) is 11.0 Å². The Morgan fingerprint density at radius 2 is 1.75 bits per heavy atom. The number of benzene rings is 2. The summed E-state index contributed by atoms with van der Waals surface area (Å²) in [7, 11) is -3.23. The molecule has 0 radical (unpaired) electrons. The molecule has 0 aliphatic carbocycles. The van der Waals surface area contributed by atoms with E-state index < -0.39 is 9.84 Å². The summed E-state index contributed by atoms with van der Waals surface area (Å²) in [5.74, 6) is 0. The van der Waals surface area contributed by atoms with Crippen molar-refractivity contribution in [3.05, 3.63) is 42.5 Å². The van der Waals surface area contributed by atoms with E-state index in [2.05, 4.69) is 5.32 Å². The van der Waals surface area contributed by atoms with Gasteiger partial charge in [-0.3, -0.25) is 0 Å². The smallest absolute Gasteiger partial charge is 0.175 e. The standard InChI is InChI=1S/C14H16N2O2S2/c1-19-11-5-3-10(4-6-11)16-14-8-7-12(9-13(14)15)20(2,17)18/h3-9,16H,15H2,1-2H3. The molecule has 106 valence electrons. The first-order valence-electron chi connectivity index (χ1n) is 5.91. The van der Waals surface area contributed by atoms with Gasteiger partial charge < -0.3 is 11.1 Å². The van der Waals surface area contributed by atoms with Crippen molar-refractivity contribution in [2.45, 2.75) is 9.79 Å². The van der Waals surface area contributed by atoms with E-state index in [1.54, 1.807) is 23.9 Å². The second kappa shape index (κ2) is 5.76. The lowest BCUT2D eigenvalue weighted by molar-refractivity contribution is 0.602. The zero-order valence-electron chi connectivity index (χ0n) is 11.3. The molecule has 0 aliphatic rings. The van der Waals surface area contributed by atoms with Crippen LogP contribution in [0.25, 0.3) is 0 Å². The number of anilines is 3. The largest absolute Gasteiger partial charge is 0.397 e. The summed E-state index contributed by atoms with van der Waals surface area (Å²) in [6, 6.07) is 12.6. The van der Waals surface area contributed by atoms with Crippen LogP contribution in [0.5, 0.6) is 0 Å². The molecule has 0 unspecified atom stereocenters. The average molecular weight is 308 g/mol. The molecule has 6 heteroatoms. The lowest BCUT2D eigenvalue weighted by Gasteiger charge is -2.11. The molecular formula is C14H16N2O2S2. The van der Waals surface area contributed by atoms with Gasteiger partial charge in [-0.15, -0.1) is 11.8 Å². The first kappa shape index (κ1) is 14.7. The lowest BCUT2D eigenvalue weighted by atomic mass is 10.2. The summed E-state index contributed by atoms with van der Waals surface area (Å²) < 4.78 is 22.9. The van der Waals surface area contributed by atoms with Crippen LogP contribution in [0.15, 0.2) is 52.3 Å². The number of sulfone groups is 1. The number of nitrogen functional groups attached to an aromatic ring is 1. The minimum Gasteiger partial charge on any atom is -0.397 e. The van der Waals surface area contributed by atoms with Crippen molar-refractivity contribution < 1.29 is 8.42 Å². The molecule has 0 aliphatic heterocycles. The van der Waals surface area contributed by atoms with Crippen molar-refractivity contribution in [1.82, 2.24) is 0 Å². The van der Waals surface area contributed by atoms with Crippen LogP contribution in [0.2, 0.25) is 0 Å². The SMILES string of the molecule is CSc1ccc(Nc2ccc(S(C)(=O)=O)cc2N)cc1. The summed E-state index contributed by atoms with van der Waals surface area (Å²) in [5.41, 5.74) is 7.89. The van der Waals surface area contributed by atoms with Crippen LogP contribution in [-0.2, 0) is 9.84 Å². The van der Waals surface area contributed by atoms with E-state index in [4.69, 9.17) is 5.73 Å². The minimum atomic E-state index is -3.23. The third-order valence-corrected chi connectivity index (χ3v) is 4.67. The van der Waals surface area contributed by atoms with E-state index in [0.29, 0.717) is 11.4 Å². The maximum absolute atomic E-state index is 11.4. The summed E-state index contributed by atoms with van der Waals surface area (Å²) in [6.07, 6.45) is 3.18. The van der Waals surface area contributed by atoms with Gasteiger partial charge in [0.1, 0.15) is 0 Å². The van der Waals surface area contributed by atoms with Crippen LogP contribution in [0.1, 0.15) is 0 Å². The molecule has 0 aromatic heterocycles. The molecule has 0 bridgehead atoms. The first-order chi connectivity index (χ1) is 9.40. The van der Waals surface area contributed by atoms with Crippen LogP contribution in [0.3, 0.4) is 0 Å². The molecule has 0 saturated carbocycles. The number of nitrogens with two attached hydrogens (primary N) is 1. The Labute approximate surface area is 123 Å². The third kappa shape index (κ3) is 3.46. The Morgan fingerprint density at radius 3 is 2.25 bits per heavy atom. The Bertz CT molecular complexity index is 710. The molecule has 0 heterocycles. The van der Waals surface area contributed by atoms with Gasteiger partial charge in [0.25, 0.3) is 0 Å². The minimum absolute atomic E-state index is 0.221. The van der Waals surface area contributed by atoms with E-state index in [9.17, 15) is 8.42 Å². The van der Waals surface area contributed by atoms with Crippen molar-refractivity contribution >= 4 is 38.7 Å². The predicted molar refractivity (Wildman–Crippen MR) is 85.5 cm³/mol. The quantitative estimate of drug-likeness (QED) is 0.670. The number of hydrogen-bond acceptors (Lipinski definition) is 5. The van der Waals surface area contributed by atoms with Crippen molar-refractivity contribution in [2.24, 2.45) is 0 Å². The predicted octanol–water partition coefficient (Wildman–Crippen LogP) is 3.14. The van der Waals surface area contributed by atoms with Crippen LogP contribution in [-0.4, -0.2) is 20.9 Å². The molecule has 2 aromatic carbocycles. The Kier molecular flexibility index (Phi) is 4.25. The summed E-state index contributed by atoms with van der Waals surface area (Å²) >= 11 is 1.67. The fraction of sp³-hybridized carbons (Fsp3) is 0.143. The second-order valence-corrected chi connectivity index (χ2v) is 7.27. The van der Waals surface area contributed by atoms with Crippen molar-refractivity contribution in [2.75, 3.05) is 23.6 Å². The highest BCUT2D eigenvalue weighted by molar-refractivity contribution is 7.98. The monoisotopic (exact) mass is 308 g/mol. The van der Waals surface area contributed by atoms with Crippen molar-refractivity contribution in [3.8, 4) is 0 Å². The second-order valence-electron chi connectivity index (χ2n) is 4.37. The fourth-order valence-electron chi connectivity index (χ4n) is 1.72. The first-order valence-corrected chi connectivity index (χ1v) is 9.02. The van der Waals surface area contributed by atoms with Gasteiger partial charge in [0.15, 0.2) is 9.84 Å². The molecule has 2 aromatic rings. The Balaban J connectivity index is 2.25. The maximum atomic E-state index is 11.4. The van der Waals surface area contributed by atoms with E-state index >= 15 is 0 Å². The molecule has 3 N–H and O–H groups in total. The van der Waals surface area contributed by atoms with Gasteiger partial charge in [-0.2, -0.15) is 0 Å². The van der Waals surface area contributed by atoms with Crippen LogP contribution < -0.4 is 11.1 Å². The van der Waals surface area contributed by atoms with Gasteiger partial charge in [0.2, 0.25) is 0 Å². The van der Waals surface area contributed by atoms with Crippen LogP contribution >= 0.6 is 11.8 Å². The molecular weight excluding hydrogens is 292 g/mol. The zero-order chi connectivity index (χ0) is 14.8. The molecule has 20 heavy (non-hydrogen) atoms. The fourth-order valence-corrected chi connectivity index (χ4v) is 2.78. The van der Waals surface area contributed by atoms with Gasteiger partial charge in [-0.05, 0) is 48.7 Å².